The number of ether oxygens (including phenoxy) is 2. The predicted molar refractivity (Wildman–Crippen MR) is 142 cm³/mol. The summed E-state index contributed by atoms with van der Waals surface area (Å²) in [5, 5.41) is 1.21. The number of aromatic nitrogens is 1. The molecule has 0 radical (unpaired) electrons. The van der Waals surface area contributed by atoms with Crippen LogP contribution in [0.25, 0.3) is 10.9 Å². The predicted octanol–water partition coefficient (Wildman–Crippen LogP) is 5.33. The zero-order valence-electron chi connectivity index (χ0n) is 21.2. The number of hydrogen-bond donors (Lipinski definition) is 1. The van der Waals surface area contributed by atoms with Gasteiger partial charge in [0, 0.05) is 61.4 Å². The van der Waals surface area contributed by atoms with Crippen LogP contribution in [0.1, 0.15) is 38.7 Å². The van der Waals surface area contributed by atoms with E-state index in [1.807, 2.05) is 18.3 Å². The molecule has 0 amide bonds. The number of methoxy groups -OCH3 is 2. The molecule has 186 valence electrons. The van der Waals surface area contributed by atoms with E-state index in [1.165, 1.54) is 34.7 Å². The standard InChI is InChI=1S/C30H33N3O3/c1-21-17-28(35-2)26(25-13-14-31-29(21)25)19-33-16-15-32(18-22-7-5-4-6-8-22)20-27(33)23-9-11-24(12-10-23)30(34)36-3/h4-14,17,27,31H,15-16,18-20H2,1-3H3. The first-order valence-corrected chi connectivity index (χ1v) is 12.4. The fraction of sp³-hybridized carbons (Fsp3) is 0.300. The van der Waals surface area contributed by atoms with E-state index in [2.05, 4.69) is 76.3 Å². The minimum absolute atomic E-state index is 0.175. The maximum Gasteiger partial charge on any atom is 0.337 e. The van der Waals surface area contributed by atoms with Gasteiger partial charge in [-0.25, -0.2) is 4.79 Å². The Morgan fingerprint density at radius 3 is 2.50 bits per heavy atom. The fourth-order valence-electron chi connectivity index (χ4n) is 5.31. The van der Waals surface area contributed by atoms with Gasteiger partial charge >= 0.3 is 5.97 Å². The van der Waals surface area contributed by atoms with Crippen molar-refractivity contribution in [2.45, 2.75) is 26.1 Å². The van der Waals surface area contributed by atoms with Crippen LogP contribution >= 0.6 is 0 Å². The number of H-pyrrole nitrogens is 1. The van der Waals surface area contributed by atoms with Crippen LogP contribution < -0.4 is 4.74 Å². The van der Waals surface area contributed by atoms with Crippen molar-refractivity contribution in [3.63, 3.8) is 0 Å². The minimum Gasteiger partial charge on any atom is -0.496 e. The van der Waals surface area contributed by atoms with Gasteiger partial charge in [-0.2, -0.15) is 0 Å². The average molecular weight is 484 g/mol. The second-order valence-electron chi connectivity index (χ2n) is 9.46. The van der Waals surface area contributed by atoms with Crippen LogP contribution in [0.4, 0.5) is 0 Å². The Labute approximate surface area is 212 Å². The third kappa shape index (κ3) is 4.87. The Hall–Kier alpha value is -3.61. The molecule has 4 aromatic rings. The van der Waals surface area contributed by atoms with Crippen LogP contribution in [0.2, 0.25) is 0 Å². The van der Waals surface area contributed by atoms with Crippen LogP contribution in [0.15, 0.2) is 72.9 Å². The summed E-state index contributed by atoms with van der Waals surface area (Å²) in [6, 6.07) is 22.9. The highest BCUT2D eigenvalue weighted by molar-refractivity contribution is 5.89. The van der Waals surface area contributed by atoms with Crippen LogP contribution in [-0.4, -0.2) is 54.6 Å². The summed E-state index contributed by atoms with van der Waals surface area (Å²) in [5.41, 5.74) is 6.62. The number of rotatable bonds is 7. The Bertz CT molecular complexity index is 1330. The molecule has 0 aliphatic carbocycles. The molecule has 5 rings (SSSR count). The monoisotopic (exact) mass is 483 g/mol. The molecule has 6 nitrogen and oxygen atoms in total. The van der Waals surface area contributed by atoms with E-state index in [0.29, 0.717) is 5.56 Å². The van der Waals surface area contributed by atoms with Crippen molar-refractivity contribution in [1.29, 1.82) is 0 Å². The summed E-state index contributed by atoms with van der Waals surface area (Å²) in [6.07, 6.45) is 2.00. The van der Waals surface area contributed by atoms with E-state index < -0.39 is 0 Å². The molecule has 1 aliphatic rings. The lowest BCUT2D eigenvalue weighted by molar-refractivity contribution is 0.0598. The quantitative estimate of drug-likeness (QED) is 0.360. The summed E-state index contributed by atoms with van der Waals surface area (Å²) < 4.78 is 10.7. The molecule has 3 aromatic carbocycles. The van der Waals surface area contributed by atoms with Crippen LogP contribution in [0.3, 0.4) is 0 Å². The molecule has 36 heavy (non-hydrogen) atoms. The first kappa shape index (κ1) is 24.1. The molecule has 1 saturated heterocycles. The number of fused-ring (bicyclic) bond motifs is 1. The summed E-state index contributed by atoms with van der Waals surface area (Å²) >= 11 is 0. The summed E-state index contributed by atoms with van der Waals surface area (Å²) in [7, 11) is 3.16. The molecule has 1 unspecified atom stereocenters. The van der Waals surface area contributed by atoms with Gasteiger partial charge in [-0.1, -0.05) is 42.5 Å². The maximum atomic E-state index is 12.0. The molecule has 1 N–H and O–H groups in total. The summed E-state index contributed by atoms with van der Waals surface area (Å²) in [6.45, 7) is 6.62. The Balaban J connectivity index is 1.46. The van der Waals surface area contributed by atoms with E-state index in [0.717, 1.165) is 44.0 Å². The normalized spacial score (nSPS) is 16.8. The van der Waals surface area contributed by atoms with Gasteiger partial charge in [0.1, 0.15) is 5.75 Å². The molecule has 1 fully saturated rings. The van der Waals surface area contributed by atoms with Crippen molar-refractivity contribution in [1.82, 2.24) is 14.8 Å². The van der Waals surface area contributed by atoms with E-state index >= 15 is 0 Å². The van der Waals surface area contributed by atoms with Crippen molar-refractivity contribution < 1.29 is 14.3 Å². The molecular formula is C30H33N3O3. The van der Waals surface area contributed by atoms with Crippen LogP contribution in [0.5, 0.6) is 5.75 Å². The van der Waals surface area contributed by atoms with Crippen molar-refractivity contribution in [2.75, 3.05) is 33.9 Å². The number of benzene rings is 3. The topological polar surface area (TPSA) is 57.8 Å². The Morgan fingerprint density at radius 1 is 1.00 bits per heavy atom. The minimum atomic E-state index is -0.313. The number of nitrogens with one attached hydrogen (secondary N) is 1. The summed E-state index contributed by atoms with van der Waals surface area (Å²) in [5.74, 6) is 0.609. The molecule has 1 aromatic heterocycles. The Kier molecular flexibility index (Phi) is 7.07. The van der Waals surface area contributed by atoms with Crippen molar-refractivity contribution in [3.05, 3.63) is 101 Å². The summed E-state index contributed by atoms with van der Waals surface area (Å²) in [4.78, 5) is 20.4. The van der Waals surface area contributed by atoms with Crippen LogP contribution in [0, 0.1) is 6.92 Å². The van der Waals surface area contributed by atoms with E-state index in [9.17, 15) is 4.79 Å². The zero-order chi connectivity index (χ0) is 25.1. The third-order valence-electron chi connectivity index (χ3n) is 7.23. The number of hydrogen-bond acceptors (Lipinski definition) is 5. The van der Waals surface area contributed by atoms with Gasteiger partial charge in [-0.3, -0.25) is 9.80 Å². The van der Waals surface area contributed by atoms with Crippen LogP contribution in [-0.2, 0) is 17.8 Å². The molecule has 1 atom stereocenters. The fourth-order valence-corrected chi connectivity index (χ4v) is 5.31. The molecule has 2 heterocycles. The molecule has 0 saturated carbocycles. The number of esters is 1. The number of carbonyl (C=O) groups is 1. The first-order chi connectivity index (χ1) is 17.6. The number of nitrogens with zero attached hydrogens (tertiary/aromatic N) is 2. The van der Waals surface area contributed by atoms with Gasteiger partial charge in [-0.05, 0) is 47.9 Å². The Morgan fingerprint density at radius 2 is 1.78 bits per heavy atom. The average Bonchev–Trinajstić information content (AvgIpc) is 3.42. The molecule has 1 aliphatic heterocycles. The second-order valence-corrected chi connectivity index (χ2v) is 9.46. The third-order valence-corrected chi connectivity index (χ3v) is 7.23. The van der Waals surface area contributed by atoms with E-state index in [-0.39, 0.29) is 12.0 Å². The maximum absolute atomic E-state index is 12.0. The number of aromatic amines is 1. The van der Waals surface area contributed by atoms with Gasteiger partial charge in [0.2, 0.25) is 0 Å². The highest BCUT2D eigenvalue weighted by Gasteiger charge is 2.30. The van der Waals surface area contributed by atoms with E-state index in [1.54, 1.807) is 7.11 Å². The second kappa shape index (κ2) is 10.6. The smallest absolute Gasteiger partial charge is 0.337 e. The van der Waals surface area contributed by atoms with Gasteiger partial charge in [0.15, 0.2) is 0 Å². The lowest BCUT2D eigenvalue weighted by Crippen LogP contribution is -2.47. The largest absolute Gasteiger partial charge is 0.496 e. The lowest BCUT2D eigenvalue weighted by Gasteiger charge is -2.42. The first-order valence-electron chi connectivity index (χ1n) is 12.4. The molecule has 6 heteroatoms. The SMILES string of the molecule is COC(=O)c1ccc(C2CN(Cc3ccccc3)CCN2Cc2c(OC)cc(C)c3[nH]ccc23)cc1. The van der Waals surface area contributed by atoms with Gasteiger partial charge in [0.05, 0.1) is 19.8 Å². The highest BCUT2D eigenvalue weighted by Crippen LogP contribution is 2.35. The molecule has 0 bridgehead atoms. The number of piperazine rings is 1. The lowest BCUT2D eigenvalue weighted by atomic mass is 9.98. The number of carbonyl (C=O) groups excluding carboxylic acids is 1. The molecular weight excluding hydrogens is 450 g/mol. The van der Waals surface area contributed by atoms with Crippen molar-refractivity contribution in [3.8, 4) is 5.75 Å². The molecule has 0 spiro atoms. The van der Waals surface area contributed by atoms with Gasteiger partial charge in [-0.15, -0.1) is 0 Å². The highest BCUT2D eigenvalue weighted by atomic mass is 16.5. The van der Waals surface area contributed by atoms with Gasteiger partial charge < -0.3 is 14.5 Å². The number of aryl methyl sites for hydroxylation is 1. The van der Waals surface area contributed by atoms with E-state index in [4.69, 9.17) is 9.47 Å². The zero-order valence-corrected chi connectivity index (χ0v) is 21.2. The van der Waals surface area contributed by atoms with Crippen molar-refractivity contribution in [2.24, 2.45) is 0 Å². The van der Waals surface area contributed by atoms with Gasteiger partial charge in [0.25, 0.3) is 0 Å². The van der Waals surface area contributed by atoms with Crippen molar-refractivity contribution >= 4 is 16.9 Å².